The molecule has 0 aliphatic carbocycles. The zero-order chi connectivity index (χ0) is 16.9. The molecule has 0 fully saturated rings. The van der Waals surface area contributed by atoms with E-state index in [0.29, 0.717) is 10.8 Å². The molecular formula is C18H14ClFN2OS. The van der Waals surface area contributed by atoms with Crippen molar-refractivity contribution in [1.82, 2.24) is 5.32 Å². The number of thiocarbonyl (C=S) groups is 1. The molecule has 0 saturated heterocycles. The maximum atomic E-state index is 13.2. The van der Waals surface area contributed by atoms with Gasteiger partial charge in [0.25, 0.3) is 0 Å². The molecule has 1 heterocycles. The second-order valence-electron chi connectivity index (χ2n) is 5.09. The van der Waals surface area contributed by atoms with Gasteiger partial charge in [0.2, 0.25) is 0 Å². The van der Waals surface area contributed by atoms with Crippen LogP contribution in [-0.4, -0.2) is 5.11 Å². The molecule has 122 valence electrons. The van der Waals surface area contributed by atoms with E-state index in [0.717, 1.165) is 11.3 Å². The Morgan fingerprint density at radius 1 is 1.08 bits per heavy atom. The van der Waals surface area contributed by atoms with Crippen molar-refractivity contribution in [3.63, 3.8) is 0 Å². The monoisotopic (exact) mass is 360 g/mol. The van der Waals surface area contributed by atoms with Gasteiger partial charge in [-0.3, -0.25) is 0 Å². The molecule has 1 aromatic heterocycles. The molecule has 0 amide bonds. The largest absolute Gasteiger partial charge is 0.467 e. The molecule has 0 spiro atoms. The molecule has 3 nitrogen and oxygen atoms in total. The molecule has 2 N–H and O–H groups in total. The molecule has 0 bridgehead atoms. The van der Waals surface area contributed by atoms with Gasteiger partial charge in [-0.15, -0.1) is 0 Å². The van der Waals surface area contributed by atoms with Gasteiger partial charge in [-0.05, 0) is 48.1 Å². The van der Waals surface area contributed by atoms with Crippen molar-refractivity contribution in [2.75, 3.05) is 5.32 Å². The first kappa shape index (κ1) is 16.5. The molecule has 2 aromatic carbocycles. The Bertz CT molecular complexity index is 824. The molecule has 0 radical (unpaired) electrons. The van der Waals surface area contributed by atoms with Crippen LogP contribution in [0.3, 0.4) is 0 Å². The molecule has 3 rings (SSSR count). The highest BCUT2D eigenvalue weighted by molar-refractivity contribution is 7.80. The van der Waals surface area contributed by atoms with Crippen LogP contribution < -0.4 is 10.6 Å². The van der Waals surface area contributed by atoms with Gasteiger partial charge in [0.05, 0.1) is 11.3 Å². The minimum Gasteiger partial charge on any atom is -0.467 e. The Kier molecular flexibility index (Phi) is 5.13. The van der Waals surface area contributed by atoms with Crippen molar-refractivity contribution in [2.24, 2.45) is 0 Å². The normalized spacial score (nSPS) is 11.8. The van der Waals surface area contributed by atoms with Crippen molar-refractivity contribution in [3.05, 3.63) is 89.1 Å². The third kappa shape index (κ3) is 3.93. The maximum Gasteiger partial charge on any atom is 0.171 e. The lowest BCUT2D eigenvalue weighted by molar-refractivity contribution is 0.476. The summed E-state index contributed by atoms with van der Waals surface area (Å²) in [5, 5.41) is 6.62. The van der Waals surface area contributed by atoms with Crippen molar-refractivity contribution < 1.29 is 8.81 Å². The molecule has 0 unspecified atom stereocenters. The number of hydrogen-bond donors (Lipinski definition) is 2. The smallest absolute Gasteiger partial charge is 0.171 e. The Balaban J connectivity index is 1.77. The SMILES string of the molecule is Fc1ccc(NC(=S)N[C@@H](c2ccccc2)c2ccco2)cc1Cl. The predicted molar refractivity (Wildman–Crippen MR) is 97.8 cm³/mol. The van der Waals surface area contributed by atoms with Crippen LogP contribution in [0, 0.1) is 5.82 Å². The molecule has 0 aliphatic heterocycles. The first-order valence-electron chi connectivity index (χ1n) is 7.24. The molecule has 3 aromatic rings. The van der Waals surface area contributed by atoms with E-state index in [-0.39, 0.29) is 11.1 Å². The Hall–Kier alpha value is -2.37. The van der Waals surface area contributed by atoms with Crippen molar-refractivity contribution in [2.45, 2.75) is 6.04 Å². The fourth-order valence-corrected chi connectivity index (χ4v) is 2.71. The molecule has 0 saturated carbocycles. The standard InChI is InChI=1S/C18H14ClFN2OS/c19-14-11-13(8-9-15(14)20)21-18(24)22-17(16-7-4-10-23-16)12-5-2-1-3-6-12/h1-11,17H,(H2,21,22,24)/t17-/m0/s1. The highest BCUT2D eigenvalue weighted by Crippen LogP contribution is 2.23. The van der Waals surface area contributed by atoms with Crippen LogP contribution in [0.5, 0.6) is 0 Å². The number of furan rings is 1. The van der Waals surface area contributed by atoms with Gasteiger partial charge >= 0.3 is 0 Å². The van der Waals surface area contributed by atoms with E-state index < -0.39 is 5.82 Å². The zero-order valence-electron chi connectivity index (χ0n) is 12.5. The summed E-state index contributed by atoms with van der Waals surface area (Å²) in [7, 11) is 0. The van der Waals surface area contributed by atoms with Gasteiger partial charge in [-0.1, -0.05) is 41.9 Å². The number of nitrogens with one attached hydrogen (secondary N) is 2. The van der Waals surface area contributed by atoms with Crippen molar-refractivity contribution in [3.8, 4) is 0 Å². The summed E-state index contributed by atoms with van der Waals surface area (Å²) in [4.78, 5) is 0. The van der Waals surface area contributed by atoms with E-state index in [9.17, 15) is 4.39 Å². The zero-order valence-corrected chi connectivity index (χ0v) is 14.1. The third-order valence-electron chi connectivity index (χ3n) is 3.41. The van der Waals surface area contributed by atoms with Gasteiger partial charge < -0.3 is 15.1 Å². The van der Waals surface area contributed by atoms with Crippen LogP contribution in [0.15, 0.2) is 71.3 Å². The highest BCUT2D eigenvalue weighted by atomic mass is 35.5. The van der Waals surface area contributed by atoms with Gasteiger partial charge in [0.1, 0.15) is 17.6 Å². The topological polar surface area (TPSA) is 37.2 Å². The third-order valence-corrected chi connectivity index (χ3v) is 3.92. The summed E-state index contributed by atoms with van der Waals surface area (Å²) in [5.41, 5.74) is 1.61. The molecule has 6 heteroatoms. The molecule has 24 heavy (non-hydrogen) atoms. The fourth-order valence-electron chi connectivity index (χ4n) is 2.29. The molecular weight excluding hydrogens is 347 g/mol. The van der Waals surface area contributed by atoms with Crippen LogP contribution in [-0.2, 0) is 0 Å². The second kappa shape index (κ2) is 7.47. The van der Waals surface area contributed by atoms with E-state index in [1.165, 1.54) is 12.1 Å². The average Bonchev–Trinajstić information content (AvgIpc) is 3.11. The summed E-state index contributed by atoms with van der Waals surface area (Å²) >= 11 is 11.1. The lowest BCUT2D eigenvalue weighted by Crippen LogP contribution is -2.32. The average molecular weight is 361 g/mol. The second-order valence-corrected chi connectivity index (χ2v) is 5.90. The minimum absolute atomic E-state index is 0.0356. The Morgan fingerprint density at radius 2 is 1.88 bits per heavy atom. The van der Waals surface area contributed by atoms with E-state index in [2.05, 4.69) is 10.6 Å². The lowest BCUT2D eigenvalue weighted by Gasteiger charge is -2.19. The Morgan fingerprint density at radius 3 is 2.54 bits per heavy atom. The summed E-state index contributed by atoms with van der Waals surface area (Å²) in [6.45, 7) is 0. The van der Waals surface area contributed by atoms with Gasteiger partial charge in [0, 0.05) is 5.69 Å². The maximum absolute atomic E-state index is 13.2. The first-order valence-corrected chi connectivity index (χ1v) is 8.03. The lowest BCUT2D eigenvalue weighted by atomic mass is 10.1. The van der Waals surface area contributed by atoms with Crippen LogP contribution in [0.1, 0.15) is 17.4 Å². The summed E-state index contributed by atoms with van der Waals surface area (Å²) in [6, 6.07) is 17.6. The van der Waals surface area contributed by atoms with Gasteiger partial charge in [0.15, 0.2) is 5.11 Å². The summed E-state index contributed by atoms with van der Waals surface area (Å²) in [6.07, 6.45) is 1.61. The van der Waals surface area contributed by atoms with Gasteiger partial charge in [-0.25, -0.2) is 4.39 Å². The van der Waals surface area contributed by atoms with Crippen LogP contribution in [0.4, 0.5) is 10.1 Å². The van der Waals surface area contributed by atoms with E-state index >= 15 is 0 Å². The number of rotatable bonds is 4. The van der Waals surface area contributed by atoms with E-state index in [1.807, 2.05) is 42.5 Å². The van der Waals surface area contributed by atoms with Crippen LogP contribution in [0.25, 0.3) is 0 Å². The van der Waals surface area contributed by atoms with E-state index in [4.69, 9.17) is 28.2 Å². The van der Waals surface area contributed by atoms with E-state index in [1.54, 1.807) is 12.3 Å². The number of anilines is 1. The Labute approximate surface area is 149 Å². The van der Waals surface area contributed by atoms with Crippen LogP contribution >= 0.6 is 23.8 Å². The van der Waals surface area contributed by atoms with Crippen molar-refractivity contribution >= 4 is 34.6 Å². The number of benzene rings is 2. The molecule has 1 atom stereocenters. The highest BCUT2D eigenvalue weighted by Gasteiger charge is 2.17. The predicted octanol–water partition coefficient (Wildman–Crippen LogP) is 5.15. The summed E-state index contributed by atoms with van der Waals surface area (Å²) in [5.74, 6) is 0.265. The first-order chi connectivity index (χ1) is 11.6. The quantitative estimate of drug-likeness (QED) is 0.631. The summed E-state index contributed by atoms with van der Waals surface area (Å²) < 4.78 is 18.7. The number of halogens is 2. The van der Waals surface area contributed by atoms with Gasteiger partial charge in [-0.2, -0.15) is 0 Å². The van der Waals surface area contributed by atoms with Crippen molar-refractivity contribution in [1.29, 1.82) is 0 Å². The van der Waals surface area contributed by atoms with Crippen LogP contribution in [0.2, 0.25) is 5.02 Å². The minimum atomic E-state index is -0.473. The fraction of sp³-hybridized carbons (Fsp3) is 0.0556. The number of hydrogen-bond acceptors (Lipinski definition) is 2. The molecule has 0 aliphatic rings.